The number of carbonyl (C=O) groups excluding carboxylic acids is 2. The average Bonchev–Trinajstić information content (AvgIpc) is 3.25. The van der Waals surface area contributed by atoms with Crippen molar-refractivity contribution in [1.29, 1.82) is 0 Å². The molecule has 1 aliphatic rings. The molecule has 29 heavy (non-hydrogen) atoms. The minimum absolute atomic E-state index is 0.162. The van der Waals surface area contributed by atoms with Gasteiger partial charge in [-0.25, -0.2) is 4.39 Å². The Morgan fingerprint density at radius 3 is 2.52 bits per heavy atom. The van der Waals surface area contributed by atoms with Crippen molar-refractivity contribution in [1.82, 2.24) is 9.88 Å². The van der Waals surface area contributed by atoms with Gasteiger partial charge >= 0.3 is 0 Å². The number of pyridine rings is 1. The van der Waals surface area contributed by atoms with Crippen LogP contribution in [0.5, 0.6) is 0 Å². The lowest BCUT2D eigenvalue weighted by Crippen LogP contribution is -2.43. The summed E-state index contributed by atoms with van der Waals surface area (Å²) >= 11 is 0. The van der Waals surface area contributed by atoms with Crippen LogP contribution in [0.25, 0.3) is 11.1 Å². The summed E-state index contributed by atoms with van der Waals surface area (Å²) in [6.07, 6.45) is 4.55. The molecular formula is C23H20FN3O2. The van der Waals surface area contributed by atoms with Gasteiger partial charge < -0.3 is 10.2 Å². The standard InChI is InChI=1S/C23H20FN3O2/c24-19-8-6-16(7-9-19)18-3-1-4-20(15-18)26-22(28)21-5-2-14-27(21)23(29)17-10-12-25-13-11-17/h1,3-4,6-13,15,21H,2,5,14H2,(H,26,28)/t21-/m1/s1. The van der Waals surface area contributed by atoms with Gasteiger partial charge in [-0.15, -0.1) is 0 Å². The number of hydrogen-bond acceptors (Lipinski definition) is 3. The number of anilines is 1. The summed E-state index contributed by atoms with van der Waals surface area (Å²) in [5.74, 6) is -0.662. The number of amides is 2. The van der Waals surface area contributed by atoms with Crippen molar-refractivity contribution in [3.8, 4) is 11.1 Å². The molecular weight excluding hydrogens is 369 g/mol. The van der Waals surface area contributed by atoms with E-state index in [1.807, 2.05) is 18.2 Å². The van der Waals surface area contributed by atoms with Gasteiger partial charge in [0.15, 0.2) is 0 Å². The number of likely N-dealkylation sites (tertiary alicyclic amines) is 1. The lowest BCUT2D eigenvalue weighted by molar-refractivity contribution is -0.119. The van der Waals surface area contributed by atoms with E-state index in [-0.39, 0.29) is 17.6 Å². The number of hydrogen-bond donors (Lipinski definition) is 1. The smallest absolute Gasteiger partial charge is 0.254 e. The first-order valence-corrected chi connectivity index (χ1v) is 9.50. The highest BCUT2D eigenvalue weighted by Gasteiger charge is 2.34. The van der Waals surface area contributed by atoms with E-state index in [1.165, 1.54) is 12.1 Å². The average molecular weight is 389 g/mol. The largest absolute Gasteiger partial charge is 0.327 e. The van der Waals surface area contributed by atoms with E-state index in [4.69, 9.17) is 0 Å². The van der Waals surface area contributed by atoms with Gasteiger partial charge in [0.25, 0.3) is 5.91 Å². The molecule has 1 fully saturated rings. The van der Waals surface area contributed by atoms with Crippen molar-refractivity contribution in [3.05, 3.63) is 84.4 Å². The van der Waals surface area contributed by atoms with Crippen LogP contribution in [0, 0.1) is 5.82 Å². The first-order chi connectivity index (χ1) is 14.1. The Labute approximate surface area is 168 Å². The number of aromatic nitrogens is 1. The zero-order valence-electron chi connectivity index (χ0n) is 15.7. The molecule has 2 aromatic carbocycles. The van der Waals surface area contributed by atoms with Gasteiger partial charge in [-0.1, -0.05) is 24.3 Å². The van der Waals surface area contributed by atoms with Gasteiger partial charge in [0.1, 0.15) is 11.9 Å². The van der Waals surface area contributed by atoms with E-state index in [2.05, 4.69) is 10.3 Å². The second-order valence-electron chi connectivity index (χ2n) is 6.97. The van der Waals surface area contributed by atoms with Gasteiger partial charge in [-0.2, -0.15) is 0 Å². The molecule has 1 aromatic heterocycles. The number of benzene rings is 2. The molecule has 0 bridgehead atoms. The van der Waals surface area contributed by atoms with Crippen LogP contribution in [0.2, 0.25) is 0 Å². The van der Waals surface area contributed by atoms with E-state index in [9.17, 15) is 14.0 Å². The third-order valence-corrected chi connectivity index (χ3v) is 5.05. The fourth-order valence-electron chi connectivity index (χ4n) is 3.59. The minimum Gasteiger partial charge on any atom is -0.327 e. The van der Waals surface area contributed by atoms with Crippen LogP contribution < -0.4 is 5.32 Å². The zero-order chi connectivity index (χ0) is 20.2. The Balaban J connectivity index is 1.49. The van der Waals surface area contributed by atoms with E-state index in [0.717, 1.165) is 17.5 Å². The highest BCUT2D eigenvalue weighted by atomic mass is 19.1. The number of nitrogens with one attached hydrogen (secondary N) is 1. The van der Waals surface area contributed by atoms with Gasteiger partial charge in [0, 0.05) is 30.2 Å². The third-order valence-electron chi connectivity index (χ3n) is 5.05. The number of halogens is 1. The Bertz CT molecular complexity index is 1020. The summed E-state index contributed by atoms with van der Waals surface area (Å²) in [6.45, 7) is 0.550. The van der Waals surface area contributed by atoms with E-state index < -0.39 is 6.04 Å². The number of carbonyl (C=O) groups is 2. The Morgan fingerprint density at radius 2 is 1.76 bits per heavy atom. The molecule has 1 N–H and O–H groups in total. The molecule has 1 saturated heterocycles. The van der Waals surface area contributed by atoms with Gasteiger partial charge in [0.2, 0.25) is 5.91 Å². The van der Waals surface area contributed by atoms with E-state index in [1.54, 1.807) is 47.6 Å². The van der Waals surface area contributed by atoms with Crippen molar-refractivity contribution < 1.29 is 14.0 Å². The van der Waals surface area contributed by atoms with Crippen LogP contribution in [0.3, 0.4) is 0 Å². The molecule has 0 unspecified atom stereocenters. The minimum atomic E-state index is -0.509. The van der Waals surface area contributed by atoms with Crippen molar-refractivity contribution in [2.75, 3.05) is 11.9 Å². The summed E-state index contributed by atoms with van der Waals surface area (Å²) in [7, 11) is 0. The predicted molar refractivity (Wildman–Crippen MR) is 109 cm³/mol. The molecule has 6 heteroatoms. The molecule has 3 aromatic rings. The molecule has 0 spiro atoms. The molecule has 5 nitrogen and oxygen atoms in total. The second kappa shape index (κ2) is 8.22. The molecule has 0 aliphatic carbocycles. The molecule has 0 radical (unpaired) electrons. The van der Waals surface area contributed by atoms with Crippen LogP contribution in [-0.2, 0) is 4.79 Å². The normalized spacial score (nSPS) is 15.9. The lowest BCUT2D eigenvalue weighted by atomic mass is 10.0. The Hall–Kier alpha value is -3.54. The van der Waals surface area contributed by atoms with Crippen molar-refractivity contribution in [2.45, 2.75) is 18.9 Å². The Kier molecular flexibility index (Phi) is 5.33. The van der Waals surface area contributed by atoms with Crippen molar-refractivity contribution in [2.24, 2.45) is 0 Å². The summed E-state index contributed by atoms with van der Waals surface area (Å²) in [5.41, 5.74) is 2.90. The van der Waals surface area contributed by atoms with Gasteiger partial charge in [-0.05, 0) is 60.4 Å². The molecule has 0 saturated carbocycles. The molecule has 1 aliphatic heterocycles. The summed E-state index contributed by atoms with van der Waals surface area (Å²) < 4.78 is 13.2. The topological polar surface area (TPSA) is 62.3 Å². The van der Waals surface area contributed by atoms with E-state index >= 15 is 0 Å². The summed E-state index contributed by atoms with van der Waals surface area (Å²) in [6, 6.07) is 16.4. The fourth-order valence-corrected chi connectivity index (χ4v) is 3.59. The van der Waals surface area contributed by atoms with Crippen LogP contribution in [0.1, 0.15) is 23.2 Å². The Morgan fingerprint density at radius 1 is 1.00 bits per heavy atom. The maximum Gasteiger partial charge on any atom is 0.254 e. The van der Waals surface area contributed by atoms with Crippen LogP contribution in [0.4, 0.5) is 10.1 Å². The predicted octanol–water partition coefficient (Wildman–Crippen LogP) is 4.13. The summed E-state index contributed by atoms with van der Waals surface area (Å²) in [5, 5.41) is 2.92. The molecule has 2 amide bonds. The maximum absolute atomic E-state index is 13.2. The quantitative estimate of drug-likeness (QED) is 0.730. The summed E-state index contributed by atoms with van der Waals surface area (Å²) in [4.78, 5) is 31.2. The maximum atomic E-state index is 13.2. The molecule has 146 valence electrons. The van der Waals surface area contributed by atoms with Crippen LogP contribution >= 0.6 is 0 Å². The number of nitrogens with zero attached hydrogens (tertiary/aromatic N) is 2. The van der Waals surface area contributed by atoms with Crippen molar-refractivity contribution >= 4 is 17.5 Å². The second-order valence-corrected chi connectivity index (χ2v) is 6.97. The zero-order valence-corrected chi connectivity index (χ0v) is 15.7. The van der Waals surface area contributed by atoms with Crippen LogP contribution in [-0.4, -0.2) is 34.3 Å². The first-order valence-electron chi connectivity index (χ1n) is 9.50. The number of rotatable bonds is 4. The highest BCUT2D eigenvalue weighted by molar-refractivity contribution is 6.01. The fraction of sp³-hybridized carbons (Fsp3) is 0.174. The molecule has 2 heterocycles. The molecule has 4 rings (SSSR count). The third kappa shape index (κ3) is 4.16. The van der Waals surface area contributed by atoms with E-state index in [0.29, 0.717) is 24.2 Å². The van der Waals surface area contributed by atoms with Gasteiger partial charge in [-0.3, -0.25) is 14.6 Å². The monoisotopic (exact) mass is 389 g/mol. The molecule has 1 atom stereocenters. The van der Waals surface area contributed by atoms with Crippen LogP contribution in [0.15, 0.2) is 73.1 Å². The first kappa shape index (κ1) is 18.8. The van der Waals surface area contributed by atoms with Gasteiger partial charge in [0.05, 0.1) is 0 Å². The highest BCUT2D eigenvalue weighted by Crippen LogP contribution is 2.25. The van der Waals surface area contributed by atoms with Crippen molar-refractivity contribution in [3.63, 3.8) is 0 Å². The SMILES string of the molecule is O=C(Nc1cccc(-c2ccc(F)cc2)c1)[C@H]1CCCN1C(=O)c1ccncc1. The lowest BCUT2D eigenvalue weighted by Gasteiger charge is -2.24.